The molecule has 0 saturated heterocycles. The van der Waals surface area contributed by atoms with Gasteiger partial charge in [-0.05, 0) is 29.3 Å². The minimum Gasteiger partial charge on any atom is -0.166 e. The van der Waals surface area contributed by atoms with E-state index >= 15 is 0 Å². The van der Waals surface area contributed by atoms with Crippen molar-refractivity contribution in [2.24, 2.45) is 0 Å². The van der Waals surface area contributed by atoms with Gasteiger partial charge in [0.2, 0.25) is 0 Å². The van der Waals surface area contributed by atoms with Crippen molar-refractivity contribution in [3.63, 3.8) is 0 Å². The monoisotopic (exact) mass is 338 g/mol. The Morgan fingerprint density at radius 3 is 2.20 bits per heavy atom. The molecule has 2 aromatic rings. The molecule has 0 radical (unpaired) electrons. The third-order valence-corrected chi connectivity index (χ3v) is 3.64. The highest BCUT2D eigenvalue weighted by Gasteiger charge is 2.33. The van der Waals surface area contributed by atoms with Gasteiger partial charge in [0.05, 0.1) is 5.56 Å². The molecule has 20 heavy (non-hydrogen) atoms. The van der Waals surface area contributed by atoms with E-state index in [0.717, 1.165) is 6.07 Å². The molecule has 2 rings (SSSR count). The fraction of sp³-hybridized carbons (Fsp3) is 0.143. The van der Waals surface area contributed by atoms with Gasteiger partial charge in [-0.25, -0.2) is 0 Å². The third kappa shape index (κ3) is 3.22. The van der Waals surface area contributed by atoms with Crippen LogP contribution in [0.1, 0.15) is 11.1 Å². The van der Waals surface area contributed by atoms with Crippen LogP contribution in [0.3, 0.4) is 0 Å². The number of hydrogen-bond acceptors (Lipinski definition) is 0. The Labute approximate surface area is 129 Å². The van der Waals surface area contributed by atoms with Crippen LogP contribution in [-0.2, 0) is 12.1 Å². The van der Waals surface area contributed by atoms with Crippen LogP contribution in [-0.4, -0.2) is 0 Å². The summed E-state index contributed by atoms with van der Waals surface area (Å²) >= 11 is 17.3. The standard InChI is InChI=1S/C14H8Cl3F3/c15-7-9-2-1-8(5-12(9)14(18,19)20)11-4-3-10(16)6-13(11)17/h1-6H,7H2. The quantitative estimate of drug-likeness (QED) is 0.554. The summed E-state index contributed by atoms with van der Waals surface area (Å²) in [6, 6.07) is 8.61. The number of rotatable bonds is 2. The summed E-state index contributed by atoms with van der Waals surface area (Å²) in [6.45, 7) is 0. The van der Waals surface area contributed by atoms with Crippen LogP contribution in [0, 0.1) is 0 Å². The predicted octanol–water partition coefficient (Wildman–Crippen LogP) is 6.42. The zero-order valence-corrected chi connectivity index (χ0v) is 12.2. The van der Waals surface area contributed by atoms with E-state index in [9.17, 15) is 13.2 Å². The Morgan fingerprint density at radius 1 is 0.950 bits per heavy atom. The second kappa shape index (κ2) is 5.84. The van der Waals surface area contributed by atoms with Gasteiger partial charge in [0.1, 0.15) is 0 Å². The molecule has 0 aliphatic rings. The molecule has 0 saturated carbocycles. The summed E-state index contributed by atoms with van der Waals surface area (Å²) in [5.74, 6) is -0.205. The molecule has 106 valence electrons. The second-order valence-corrected chi connectivity index (χ2v) is 5.24. The first-order valence-corrected chi connectivity index (χ1v) is 6.83. The van der Waals surface area contributed by atoms with Gasteiger partial charge in [-0.15, -0.1) is 11.6 Å². The Bertz CT molecular complexity index is 636. The van der Waals surface area contributed by atoms with Crippen molar-refractivity contribution < 1.29 is 13.2 Å². The number of hydrogen-bond donors (Lipinski definition) is 0. The highest BCUT2D eigenvalue weighted by molar-refractivity contribution is 6.36. The summed E-state index contributed by atoms with van der Waals surface area (Å²) in [6.07, 6.45) is -4.46. The topological polar surface area (TPSA) is 0 Å². The highest BCUT2D eigenvalue weighted by atomic mass is 35.5. The van der Waals surface area contributed by atoms with Crippen molar-refractivity contribution >= 4 is 34.8 Å². The van der Waals surface area contributed by atoms with Gasteiger partial charge in [0, 0.05) is 21.5 Å². The van der Waals surface area contributed by atoms with E-state index in [1.165, 1.54) is 12.1 Å². The van der Waals surface area contributed by atoms with Crippen LogP contribution < -0.4 is 0 Å². The summed E-state index contributed by atoms with van der Waals surface area (Å²) in [7, 11) is 0. The minimum absolute atomic E-state index is 0.0352. The molecule has 0 aliphatic heterocycles. The molecule has 0 atom stereocenters. The average Bonchev–Trinajstić information content (AvgIpc) is 2.37. The van der Waals surface area contributed by atoms with Gasteiger partial charge in [0.15, 0.2) is 0 Å². The van der Waals surface area contributed by atoms with E-state index in [1.54, 1.807) is 18.2 Å². The summed E-state index contributed by atoms with van der Waals surface area (Å²) in [5, 5.41) is 0.719. The second-order valence-electron chi connectivity index (χ2n) is 4.13. The third-order valence-electron chi connectivity index (χ3n) is 2.80. The lowest BCUT2D eigenvalue weighted by atomic mass is 9.99. The molecule has 2 aromatic carbocycles. The first-order valence-electron chi connectivity index (χ1n) is 5.54. The lowest BCUT2D eigenvalue weighted by molar-refractivity contribution is -0.138. The van der Waals surface area contributed by atoms with Crippen molar-refractivity contribution in [1.82, 2.24) is 0 Å². The zero-order chi connectivity index (χ0) is 14.9. The summed E-state index contributed by atoms with van der Waals surface area (Å²) in [4.78, 5) is 0. The molecule has 0 aliphatic carbocycles. The lowest BCUT2D eigenvalue weighted by Gasteiger charge is -2.14. The molecule has 0 spiro atoms. The van der Waals surface area contributed by atoms with Gasteiger partial charge in [0.25, 0.3) is 0 Å². The van der Waals surface area contributed by atoms with Crippen LogP contribution in [0.15, 0.2) is 36.4 Å². The Balaban J connectivity index is 2.59. The smallest absolute Gasteiger partial charge is 0.166 e. The van der Waals surface area contributed by atoms with E-state index in [-0.39, 0.29) is 11.4 Å². The normalized spacial score (nSPS) is 11.7. The zero-order valence-electron chi connectivity index (χ0n) is 9.94. The molecule has 0 amide bonds. The minimum atomic E-state index is -4.46. The molecule has 0 bridgehead atoms. The first kappa shape index (κ1) is 15.5. The van der Waals surface area contributed by atoms with Crippen LogP contribution in [0.25, 0.3) is 11.1 Å². The molecule has 0 unspecified atom stereocenters. The van der Waals surface area contributed by atoms with Gasteiger partial charge < -0.3 is 0 Å². The van der Waals surface area contributed by atoms with E-state index in [0.29, 0.717) is 21.2 Å². The maximum Gasteiger partial charge on any atom is 0.416 e. The molecule has 0 fully saturated rings. The van der Waals surface area contributed by atoms with Gasteiger partial charge >= 0.3 is 6.18 Å². The largest absolute Gasteiger partial charge is 0.416 e. The Morgan fingerprint density at radius 2 is 1.65 bits per heavy atom. The van der Waals surface area contributed by atoms with E-state index in [1.807, 2.05) is 0 Å². The molecule has 0 aromatic heterocycles. The number of alkyl halides is 4. The van der Waals surface area contributed by atoms with Crippen molar-refractivity contribution in [2.75, 3.05) is 0 Å². The van der Waals surface area contributed by atoms with Crippen LogP contribution in [0.4, 0.5) is 13.2 Å². The van der Waals surface area contributed by atoms with Gasteiger partial charge in [-0.3, -0.25) is 0 Å². The Hall–Kier alpha value is -0.900. The highest BCUT2D eigenvalue weighted by Crippen LogP contribution is 2.37. The average molecular weight is 340 g/mol. The summed E-state index contributed by atoms with van der Waals surface area (Å²) in [5.41, 5.74) is 0.138. The van der Waals surface area contributed by atoms with Crippen molar-refractivity contribution in [3.8, 4) is 11.1 Å². The maximum atomic E-state index is 13.0. The fourth-order valence-corrected chi connectivity index (χ4v) is 2.60. The van der Waals surface area contributed by atoms with Crippen LogP contribution in [0.2, 0.25) is 10.0 Å². The van der Waals surface area contributed by atoms with E-state index < -0.39 is 11.7 Å². The van der Waals surface area contributed by atoms with E-state index in [4.69, 9.17) is 34.8 Å². The van der Waals surface area contributed by atoms with Gasteiger partial charge in [-0.1, -0.05) is 41.4 Å². The van der Waals surface area contributed by atoms with E-state index in [2.05, 4.69) is 0 Å². The van der Waals surface area contributed by atoms with Crippen LogP contribution in [0.5, 0.6) is 0 Å². The molecule has 0 heterocycles. The van der Waals surface area contributed by atoms with Crippen LogP contribution >= 0.6 is 34.8 Å². The van der Waals surface area contributed by atoms with Crippen molar-refractivity contribution in [2.45, 2.75) is 12.1 Å². The van der Waals surface area contributed by atoms with Crippen molar-refractivity contribution in [3.05, 3.63) is 57.6 Å². The Kier molecular flexibility index (Phi) is 4.52. The molecular formula is C14H8Cl3F3. The number of halogens is 6. The fourth-order valence-electron chi connectivity index (χ4n) is 1.85. The van der Waals surface area contributed by atoms with Crippen molar-refractivity contribution in [1.29, 1.82) is 0 Å². The predicted molar refractivity (Wildman–Crippen MR) is 76.5 cm³/mol. The van der Waals surface area contributed by atoms with Gasteiger partial charge in [-0.2, -0.15) is 13.2 Å². The lowest BCUT2D eigenvalue weighted by Crippen LogP contribution is -2.08. The number of benzene rings is 2. The summed E-state index contributed by atoms with van der Waals surface area (Å²) < 4.78 is 38.9. The molecule has 6 heteroatoms. The molecular weight excluding hydrogens is 332 g/mol. The first-order chi connectivity index (χ1) is 9.32. The SMILES string of the molecule is FC(F)(F)c1cc(-c2ccc(Cl)cc2Cl)ccc1CCl. The molecule has 0 nitrogen and oxygen atoms in total. The molecule has 0 N–H and O–H groups in total. The maximum absolute atomic E-state index is 13.0.